The number of nitrogens with two attached hydrogens (primary N) is 1. The van der Waals surface area contributed by atoms with Crippen molar-refractivity contribution in [1.29, 1.82) is 0 Å². The molecule has 120 valence electrons. The average Bonchev–Trinajstić information content (AvgIpc) is 2.55. The maximum absolute atomic E-state index is 12.0. The maximum atomic E-state index is 12.0. The van der Waals surface area contributed by atoms with E-state index in [1.807, 2.05) is 37.3 Å². The SMILES string of the molecule is Cc1ccc(OCCC(=O)N[C@@H](C(N)=O)c2ccccc2)cc1. The predicted molar refractivity (Wildman–Crippen MR) is 87.8 cm³/mol. The second kappa shape index (κ2) is 7.98. The zero-order chi connectivity index (χ0) is 16.7. The number of aryl methyl sites for hydroxylation is 1. The first-order valence-corrected chi connectivity index (χ1v) is 7.39. The number of hydrogen-bond acceptors (Lipinski definition) is 3. The van der Waals surface area contributed by atoms with Crippen molar-refractivity contribution >= 4 is 11.8 Å². The minimum absolute atomic E-state index is 0.143. The fourth-order valence-electron chi connectivity index (χ4n) is 2.09. The van der Waals surface area contributed by atoms with Crippen LogP contribution in [0.4, 0.5) is 0 Å². The Morgan fingerprint density at radius 2 is 1.74 bits per heavy atom. The fraction of sp³-hybridized carbons (Fsp3) is 0.222. The smallest absolute Gasteiger partial charge is 0.244 e. The fourth-order valence-corrected chi connectivity index (χ4v) is 2.09. The monoisotopic (exact) mass is 312 g/mol. The standard InChI is InChI=1S/C18H20N2O3/c1-13-7-9-15(10-8-13)23-12-11-16(21)20-17(18(19)22)14-5-3-2-4-6-14/h2-10,17H,11-12H2,1H3,(H2,19,22)(H,20,21)/t17-/m1/s1. The Hall–Kier alpha value is -2.82. The molecule has 0 spiro atoms. The lowest BCUT2D eigenvalue weighted by molar-refractivity contribution is -0.127. The molecule has 1 atom stereocenters. The van der Waals surface area contributed by atoms with E-state index in [1.165, 1.54) is 0 Å². The Balaban J connectivity index is 1.85. The summed E-state index contributed by atoms with van der Waals surface area (Å²) in [6.07, 6.45) is 0.143. The number of benzene rings is 2. The molecule has 5 heteroatoms. The number of ether oxygens (including phenoxy) is 1. The number of hydrogen-bond donors (Lipinski definition) is 2. The molecular weight excluding hydrogens is 292 g/mol. The molecule has 0 aliphatic carbocycles. The van der Waals surface area contributed by atoms with Gasteiger partial charge in [-0.2, -0.15) is 0 Å². The molecule has 0 fully saturated rings. The highest BCUT2D eigenvalue weighted by Gasteiger charge is 2.19. The number of rotatable bonds is 7. The van der Waals surface area contributed by atoms with Crippen molar-refractivity contribution in [3.05, 3.63) is 65.7 Å². The highest BCUT2D eigenvalue weighted by Crippen LogP contribution is 2.13. The minimum Gasteiger partial charge on any atom is -0.493 e. The topological polar surface area (TPSA) is 81.4 Å². The molecular formula is C18H20N2O3. The summed E-state index contributed by atoms with van der Waals surface area (Å²) in [5, 5.41) is 2.63. The Bertz CT molecular complexity index is 654. The van der Waals surface area contributed by atoms with Gasteiger partial charge in [-0.15, -0.1) is 0 Å². The van der Waals surface area contributed by atoms with Gasteiger partial charge in [0.2, 0.25) is 11.8 Å². The van der Waals surface area contributed by atoms with Crippen LogP contribution in [-0.4, -0.2) is 18.4 Å². The van der Waals surface area contributed by atoms with Gasteiger partial charge in [-0.3, -0.25) is 9.59 Å². The normalized spacial score (nSPS) is 11.5. The summed E-state index contributed by atoms with van der Waals surface area (Å²) in [5.74, 6) is -0.174. The Kier molecular flexibility index (Phi) is 5.74. The van der Waals surface area contributed by atoms with Gasteiger partial charge in [0.05, 0.1) is 13.0 Å². The molecule has 3 N–H and O–H groups in total. The molecule has 0 unspecified atom stereocenters. The van der Waals surface area contributed by atoms with Crippen LogP contribution in [-0.2, 0) is 9.59 Å². The molecule has 0 radical (unpaired) electrons. The molecule has 0 aliphatic rings. The van der Waals surface area contributed by atoms with Gasteiger partial charge in [0.25, 0.3) is 0 Å². The van der Waals surface area contributed by atoms with Crippen molar-refractivity contribution in [2.75, 3.05) is 6.61 Å². The highest BCUT2D eigenvalue weighted by atomic mass is 16.5. The molecule has 5 nitrogen and oxygen atoms in total. The third-order valence-corrected chi connectivity index (χ3v) is 3.34. The lowest BCUT2D eigenvalue weighted by Gasteiger charge is -2.16. The third kappa shape index (κ3) is 5.14. The van der Waals surface area contributed by atoms with Gasteiger partial charge in [-0.25, -0.2) is 0 Å². The van der Waals surface area contributed by atoms with Gasteiger partial charge in [-0.05, 0) is 24.6 Å². The van der Waals surface area contributed by atoms with Crippen molar-refractivity contribution in [1.82, 2.24) is 5.32 Å². The molecule has 0 saturated heterocycles. The van der Waals surface area contributed by atoms with Crippen LogP contribution in [0.15, 0.2) is 54.6 Å². The lowest BCUT2D eigenvalue weighted by atomic mass is 10.1. The molecule has 0 heterocycles. The second-order valence-electron chi connectivity index (χ2n) is 5.23. The first-order chi connectivity index (χ1) is 11.1. The van der Waals surface area contributed by atoms with E-state index in [-0.39, 0.29) is 18.9 Å². The van der Waals surface area contributed by atoms with E-state index in [0.717, 1.165) is 5.56 Å². The van der Waals surface area contributed by atoms with Crippen molar-refractivity contribution in [2.45, 2.75) is 19.4 Å². The Morgan fingerprint density at radius 3 is 2.35 bits per heavy atom. The summed E-state index contributed by atoms with van der Waals surface area (Å²) in [7, 11) is 0. The molecule has 2 aromatic rings. The van der Waals surface area contributed by atoms with E-state index in [9.17, 15) is 9.59 Å². The van der Waals surface area contributed by atoms with Crippen molar-refractivity contribution in [3.63, 3.8) is 0 Å². The summed E-state index contributed by atoms with van der Waals surface area (Å²) >= 11 is 0. The zero-order valence-electron chi connectivity index (χ0n) is 13.0. The number of nitrogens with one attached hydrogen (secondary N) is 1. The van der Waals surface area contributed by atoms with E-state index in [4.69, 9.17) is 10.5 Å². The van der Waals surface area contributed by atoms with Gasteiger partial charge < -0.3 is 15.8 Å². The molecule has 2 amide bonds. The van der Waals surface area contributed by atoms with Crippen LogP contribution >= 0.6 is 0 Å². The molecule has 0 bridgehead atoms. The Labute approximate surface area is 135 Å². The van der Waals surface area contributed by atoms with E-state index in [1.54, 1.807) is 24.3 Å². The van der Waals surface area contributed by atoms with Crippen molar-refractivity contribution < 1.29 is 14.3 Å². The van der Waals surface area contributed by atoms with Crippen LogP contribution < -0.4 is 15.8 Å². The third-order valence-electron chi connectivity index (χ3n) is 3.34. The maximum Gasteiger partial charge on any atom is 0.244 e. The van der Waals surface area contributed by atoms with Crippen molar-refractivity contribution in [2.24, 2.45) is 5.73 Å². The van der Waals surface area contributed by atoms with Gasteiger partial charge in [-0.1, -0.05) is 48.0 Å². The summed E-state index contributed by atoms with van der Waals surface area (Å²) in [6.45, 7) is 2.22. The number of carbonyl (C=O) groups excluding carboxylic acids is 2. The van der Waals surface area contributed by atoms with E-state index >= 15 is 0 Å². The number of carbonyl (C=O) groups is 2. The van der Waals surface area contributed by atoms with Crippen LogP contribution in [0.25, 0.3) is 0 Å². The average molecular weight is 312 g/mol. The largest absolute Gasteiger partial charge is 0.493 e. The first-order valence-electron chi connectivity index (χ1n) is 7.39. The second-order valence-corrected chi connectivity index (χ2v) is 5.23. The van der Waals surface area contributed by atoms with Crippen LogP contribution in [0, 0.1) is 6.92 Å². The summed E-state index contributed by atoms with van der Waals surface area (Å²) in [4.78, 5) is 23.5. The van der Waals surface area contributed by atoms with Gasteiger partial charge in [0.1, 0.15) is 11.8 Å². The number of amides is 2. The van der Waals surface area contributed by atoms with Crippen LogP contribution in [0.5, 0.6) is 5.75 Å². The minimum atomic E-state index is -0.830. The highest BCUT2D eigenvalue weighted by molar-refractivity contribution is 5.87. The summed E-state index contributed by atoms with van der Waals surface area (Å²) < 4.78 is 5.50. The lowest BCUT2D eigenvalue weighted by Crippen LogP contribution is -2.37. The molecule has 23 heavy (non-hydrogen) atoms. The molecule has 0 saturated carbocycles. The molecule has 0 aliphatic heterocycles. The van der Waals surface area contributed by atoms with Crippen LogP contribution in [0.1, 0.15) is 23.6 Å². The molecule has 2 rings (SSSR count). The van der Waals surface area contributed by atoms with E-state index in [0.29, 0.717) is 11.3 Å². The van der Waals surface area contributed by atoms with Gasteiger partial charge in [0.15, 0.2) is 0 Å². The van der Waals surface area contributed by atoms with Crippen molar-refractivity contribution in [3.8, 4) is 5.75 Å². The quantitative estimate of drug-likeness (QED) is 0.821. The first kappa shape index (κ1) is 16.5. The van der Waals surface area contributed by atoms with E-state index < -0.39 is 11.9 Å². The molecule has 2 aromatic carbocycles. The summed E-state index contributed by atoms with van der Waals surface area (Å²) in [5.41, 5.74) is 7.17. The van der Waals surface area contributed by atoms with Gasteiger partial charge >= 0.3 is 0 Å². The van der Waals surface area contributed by atoms with Crippen LogP contribution in [0.3, 0.4) is 0 Å². The zero-order valence-corrected chi connectivity index (χ0v) is 13.0. The van der Waals surface area contributed by atoms with Gasteiger partial charge in [0, 0.05) is 0 Å². The predicted octanol–water partition coefficient (Wildman–Crippen LogP) is 2.11. The Morgan fingerprint density at radius 1 is 1.09 bits per heavy atom. The van der Waals surface area contributed by atoms with Crippen LogP contribution in [0.2, 0.25) is 0 Å². The molecule has 0 aromatic heterocycles. The number of primary amides is 1. The summed E-state index contributed by atoms with van der Waals surface area (Å²) in [6, 6.07) is 15.7. The van der Waals surface area contributed by atoms with E-state index in [2.05, 4.69) is 5.32 Å².